The minimum Gasteiger partial charge on any atom is -0.466 e. The van der Waals surface area contributed by atoms with Crippen LogP contribution in [0.2, 0.25) is 0 Å². The topological polar surface area (TPSA) is 50.1 Å². The van der Waals surface area contributed by atoms with Gasteiger partial charge in [-0.15, -0.1) is 0 Å². The number of carbonyl (C=O) groups excluding carboxylic acids is 1. The van der Waals surface area contributed by atoms with Crippen LogP contribution in [0.25, 0.3) is 0 Å². The Morgan fingerprint density at radius 2 is 2.06 bits per heavy atom. The van der Waals surface area contributed by atoms with Crippen LogP contribution in [-0.4, -0.2) is 12.6 Å². The lowest BCUT2D eigenvalue weighted by molar-refractivity contribution is -0.148. The van der Waals surface area contributed by atoms with Crippen molar-refractivity contribution in [1.29, 1.82) is 5.26 Å². The van der Waals surface area contributed by atoms with E-state index >= 15 is 0 Å². The molecule has 0 saturated heterocycles. The molecule has 3 heteroatoms. The Kier molecular flexibility index (Phi) is 5.22. The standard InChI is InChI=1S/C14H17NO2/c1-3-17-14(16)11(2)13(9-10-15)12-7-5-4-6-8-12/h4-8,11,13H,3,9H2,1-2H3. The van der Waals surface area contributed by atoms with Crippen LogP contribution in [-0.2, 0) is 9.53 Å². The van der Waals surface area contributed by atoms with E-state index in [9.17, 15) is 4.79 Å². The first-order valence-corrected chi connectivity index (χ1v) is 5.79. The summed E-state index contributed by atoms with van der Waals surface area (Å²) in [4.78, 5) is 11.7. The number of carbonyl (C=O) groups is 1. The predicted molar refractivity (Wildman–Crippen MR) is 65.2 cm³/mol. The summed E-state index contributed by atoms with van der Waals surface area (Å²) in [7, 11) is 0. The van der Waals surface area contributed by atoms with Gasteiger partial charge in [0, 0.05) is 12.3 Å². The summed E-state index contributed by atoms with van der Waals surface area (Å²) in [5, 5.41) is 8.86. The molecule has 1 rings (SSSR count). The molecule has 0 aliphatic rings. The first kappa shape index (κ1) is 13.2. The maximum Gasteiger partial charge on any atom is 0.309 e. The van der Waals surface area contributed by atoms with Crippen LogP contribution in [0.15, 0.2) is 30.3 Å². The molecular weight excluding hydrogens is 214 g/mol. The third-order valence-electron chi connectivity index (χ3n) is 2.80. The molecule has 0 bridgehead atoms. The third kappa shape index (κ3) is 3.60. The van der Waals surface area contributed by atoms with Crippen LogP contribution in [0.3, 0.4) is 0 Å². The van der Waals surface area contributed by atoms with Crippen molar-refractivity contribution in [3.8, 4) is 6.07 Å². The van der Waals surface area contributed by atoms with Crippen molar-refractivity contribution in [3.05, 3.63) is 35.9 Å². The summed E-state index contributed by atoms with van der Waals surface area (Å²) in [5.74, 6) is -0.631. The van der Waals surface area contributed by atoms with Gasteiger partial charge in [0.25, 0.3) is 0 Å². The number of hydrogen-bond donors (Lipinski definition) is 0. The Bertz CT molecular complexity index is 394. The van der Waals surface area contributed by atoms with Gasteiger partial charge in [0.2, 0.25) is 0 Å². The molecule has 0 heterocycles. The average molecular weight is 231 g/mol. The van der Waals surface area contributed by atoms with Gasteiger partial charge < -0.3 is 4.74 Å². The fourth-order valence-electron chi connectivity index (χ4n) is 1.82. The fourth-order valence-corrected chi connectivity index (χ4v) is 1.82. The maximum absolute atomic E-state index is 11.7. The van der Waals surface area contributed by atoms with E-state index in [2.05, 4.69) is 6.07 Å². The summed E-state index contributed by atoms with van der Waals surface area (Å²) >= 11 is 0. The van der Waals surface area contributed by atoms with E-state index in [0.717, 1.165) is 5.56 Å². The van der Waals surface area contributed by atoms with Gasteiger partial charge in [0.15, 0.2) is 0 Å². The normalized spacial score (nSPS) is 13.5. The van der Waals surface area contributed by atoms with Crippen molar-refractivity contribution in [1.82, 2.24) is 0 Å². The van der Waals surface area contributed by atoms with E-state index in [1.165, 1.54) is 0 Å². The molecule has 0 N–H and O–H groups in total. The van der Waals surface area contributed by atoms with E-state index in [4.69, 9.17) is 10.00 Å². The van der Waals surface area contributed by atoms with Crippen molar-refractivity contribution < 1.29 is 9.53 Å². The van der Waals surface area contributed by atoms with Gasteiger partial charge in [-0.2, -0.15) is 5.26 Å². The molecule has 0 amide bonds. The summed E-state index contributed by atoms with van der Waals surface area (Å²) in [5.41, 5.74) is 1.01. The molecule has 0 radical (unpaired) electrons. The molecular formula is C14H17NO2. The SMILES string of the molecule is CCOC(=O)C(C)C(CC#N)c1ccccc1. The van der Waals surface area contributed by atoms with Crippen LogP contribution in [0, 0.1) is 17.2 Å². The molecule has 90 valence electrons. The van der Waals surface area contributed by atoms with Crippen molar-refractivity contribution in [3.63, 3.8) is 0 Å². The highest BCUT2D eigenvalue weighted by molar-refractivity contribution is 5.73. The van der Waals surface area contributed by atoms with Crippen molar-refractivity contribution >= 4 is 5.97 Å². The fraction of sp³-hybridized carbons (Fsp3) is 0.429. The van der Waals surface area contributed by atoms with Gasteiger partial charge in [-0.05, 0) is 12.5 Å². The number of esters is 1. The van der Waals surface area contributed by atoms with Gasteiger partial charge >= 0.3 is 5.97 Å². The van der Waals surface area contributed by atoms with Crippen molar-refractivity contribution in [2.24, 2.45) is 5.92 Å². The van der Waals surface area contributed by atoms with E-state index in [1.54, 1.807) is 6.92 Å². The molecule has 0 aliphatic heterocycles. The lowest BCUT2D eigenvalue weighted by atomic mass is 9.85. The quantitative estimate of drug-likeness (QED) is 0.732. The molecule has 0 saturated carbocycles. The Morgan fingerprint density at radius 3 is 2.59 bits per heavy atom. The lowest BCUT2D eigenvalue weighted by Gasteiger charge is -2.20. The summed E-state index contributed by atoms with van der Waals surface area (Å²) in [6.45, 7) is 3.97. The predicted octanol–water partition coefficient (Wildman–Crippen LogP) is 2.88. The number of benzene rings is 1. The second kappa shape index (κ2) is 6.70. The van der Waals surface area contributed by atoms with Crippen LogP contribution >= 0.6 is 0 Å². The zero-order valence-corrected chi connectivity index (χ0v) is 10.2. The monoisotopic (exact) mass is 231 g/mol. The average Bonchev–Trinajstić information content (AvgIpc) is 2.36. The van der Waals surface area contributed by atoms with Crippen molar-refractivity contribution in [2.75, 3.05) is 6.61 Å². The zero-order valence-electron chi connectivity index (χ0n) is 10.2. The number of ether oxygens (including phenoxy) is 1. The molecule has 0 spiro atoms. The van der Waals surface area contributed by atoms with Crippen LogP contribution in [0.5, 0.6) is 0 Å². The molecule has 3 nitrogen and oxygen atoms in total. The molecule has 2 unspecified atom stereocenters. The van der Waals surface area contributed by atoms with Gasteiger partial charge in [-0.3, -0.25) is 4.79 Å². The van der Waals surface area contributed by atoms with E-state index < -0.39 is 0 Å². The summed E-state index contributed by atoms with van der Waals surface area (Å²) in [6.07, 6.45) is 0.323. The highest BCUT2D eigenvalue weighted by atomic mass is 16.5. The van der Waals surface area contributed by atoms with Gasteiger partial charge in [0.05, 0.1) is 18.6 Å². The van der Waals surface area contributed by atoms with Gasteiger partial charge in [0.1, 0.15) is 0 Å². The Hall–Kier alpha value is -1.82. The first-order chi connectivity index (χ1) is 8.20. The second-order valence-corrected chi connectivity index (χ2v) is 3.92. The number of hydrogen-bond acceptors (Lipinski definition) is 3. The molecule has 0 fully saturated rings. The Morgan fingerprint density at radius 1 is 1.41 bits per heavy atom. The smallest absolute Gasteiger partial charge is 0.309 e. The highest BCUT2D eigenvalue weighted by Gasteiger charge is 2.26. The Balaban J connectivity index is 2.87. The molecule has 0 aromatic heterocycles. The van der Waals surface area contributed by atoms with E-state index in [-0.39, 0.29) is 17.8 Å². The first-order valence-electron chi connectivity index (χ1n) is 5.79. The van der Waals surface area contributed by atoms with Crippen molar-refractivity contribution in [2.45, 2.75) is 26.2 Å². The minimum absolute atomic E-state index is 0.0970. The van der Waals surface area contributed by atoms with E-state index in [0.29, 0.717) is 13.0 Å². The van der Waals surface area contributed by atoms with Gasteiger partial charge in [-0.1, -0.05) is 37.3 Å². The highest BCUT2D eigenvalue weighted by Crippen LogP contribution is 2.28. The largest absolute Gasteiger partial charge is 0.466 e. The number of nitriles is 1. The maximum atomic E-state index is 11.7. The minimum atomic E-state index is -0.294. The van der Waals surface area contributed by atoms with Crippen LogP contribution in [0.4, 0.5) is 0 Å². The molecule has 1 aromatic rings. The van der Waals surface area contributed by atoms with Crippen LogP contribution in [0.1, 0.15) is 31.7 Å². The molecule has 0 aliphatic carbocycles. The summed E-state index contributed by atoms with van der Waals surface area (Å²) in [6, 6.07) is 11.8. The second-order valence-electron chi connectivity index (χ2n) is 3.92. The molecule has 1 aromatic carbocycles. The van der Waals surface area contributed by atoms with E-state index in [1.807, 2.05) is 37.3 Å². The van der Waals surface area contributed by atoms with Crippen LogP contribution < -0.4 is 0 Å². The number of nitrogens with zero attached hydrogens (tertiary/aromatic N) is 1. The Labute approximate surface area is 102 Å². The molecule has 17 heavy (non-hydrogen) atoms. The summed E-state index contributed by atoms with van der Waals surface area (Å²) < 4.78 is 5.00. The van der Waals surface area contributed by atoms with Gasteiger partial charge in [-0.25, -0.2) is 0 Å². The lowest BCUT2D eigenvalue weighted by Crippen LogP contribution is -2.21. The third-order valence-corrected chi connectivity index (χ3v) is 2.80. The number of rotatable bonds is 5. The zero-order chi connectivity index (χ0) is 12.7. The molecule has 2 atom stereocenters.